The average Bonchev–Trinajstić information content (AvgIpc) is 3.31. The highest BCUT2D eigenvalue weighted by Gasteiger charge is 2.34. The molecule has 5 heterocycles. The summed E-state index contributed by atoms with van der Waals surface area (Å²) >= 11 is 0. The quantitative estimate of drug-likeness (QED) is 0.393. The summed E-state index contributed by atoms with van der Waals surface area (Å²) in [6.45, 7) is 15.5. The first-order valence-electron chi connectivity index (χ1n) is 13.3. The van der Waals surface area contributed by atoms with Gasteiger partial charge in [0.25, 0.3) is 0 Å². The van der Waals surface area contributed by atoms with Crippen LogP contribution in [0.25, 0.3) is 33.5 Å². The van der Waals surface area contributed by atoms with Crippen molar-refractivity contribution in [2.24, 2.45) is 0 Å². The first-order valence-corrected chi connectivity index (χ1v) is 13.3. The Morgan fingerprint density at radius 1 is 0.944 bits per heavy atom. The molecule has 3 aromatic heterocycles. The van der Waals surface area contributed by atoms with E-state index in [1.807, 2.05) is 30.5 Å². The molecule has 8 heteroatoms. The van der Waals surface area contributed by atoms with Gasteiger partial charge in [-0.25, -0.2) is 19.9 Å². The summed E-state index contributed by atoms with van der Waals surface area (Å²) in [6, 6.07) is 11.3. The van der Waals surface area contributed by atoms with Gasteiger partial charge in [-0.15, -0.1) is 0 Å². The molecule has 4 aromatic rings. The molecule has 1 aromatic carbocycles. The molecule has 0 saturated carbocycles. The fourth-order valence-corrected chi connectivity index (χ4v) is 5.18. The van der Waals surface area contributed by atoms with Gasteiger partial charge in [0.15, 0.2) is 17.1 Å². The summed E-state index contributed by atoms with van der Waals surface area (Å²) in [7, 11) is 0. The fourth-order valence-electron chi connectivity index (χ4n) is 5.18. The second kappa shape index (κ2) is 9.41. The predicted molar refractivity (Wildman–Crippen MR) is 143 cm³/mol. The number of aromatic nitrogens is 4. The van der Waals surface area contributed by atoms with Crippen LogP contribution in [0.4, 0.5) is 5.82 Å². The maximum Gasteiger partial charge on any atom is 0.198 e. The van der Waals surface area contributed by atoms with Crippen LogP contribution < -0.4 is 4.90 Å². The molecule has 8 nitrogen and oxygen atoms in total. The van der Waals surface area contributed by atoms with Gasteiger partial charge in [0.1, 0.15) is 16.9 Å². The Kier molecular flexibility index (Phi) is 6.09. The number of nitrogens with zero attached hydrogens (tertiary/aromatic N) is 7. The molecule has 2 aliphatic heterocycles. The molecule has 188 valence electrons. The highest BCUT2D eigenvalue weighted by molar-refractivity contribution is 5.82. The Morgan fingerprint density at radius 3 is 2.50 bits per heavy atom. The van der Waals surface area contributed by atoms with Crippen LogP contribution in [-0.2, 0) is 0 Å². The van der Waals surface area contributed by atoms with Gasteiger partial charge >= 0.3 is 0 Å². The number of oxazole rings is 1. The Labute approximate surface area is 212 Å². The molecular formula is C28H35N7O. The summed E-state index contributed by atoms with van der Waals surface area (Å²) < 4.78 is 5.95. The minimum atomic E-state index is 0.305. The number of benzene rings is 1. The minimum Gasteiger partial charge on any atom is -0.440 e. The number of fused-ring (bicyclic) bond motifs is 2. The summed E-state index contributed by atoms with van der Waals surface area (Å²) in [6.07, 6.45) is 2.88. The largest absolute Gasteiger partial charge is 0.440 e. The van der Waals surface area contributed by atoms with Crippen molar-refractivity contribution in [2.75, 3.05) is 44.2 Å². The number of rotatable bonds is 6. The predicted octanol–water partition coefficient (Wildman–Crippen LogP) is 4.56. The highest BCUT2D eigenvalue weighted by atomic mass is 16.3. The molecule has 0 radical (unpaired) electrons. The van der Waals surface area contributed by atoms with Crippen molar-refractivity contribution in [2.45, 2.75) is 52.1 Å². The lowest BCUT2D eigenvalue weighted by Crippen LogP contribution is -2.63. The maximum absolute atomic E-state index is 5.95. The lowest BCUT2D eigenvalue weighted by molar-refractivity contribution is 0.0676. The van der Waals surface area contributed by atoms with Crippen LogP contribution in [0.5, 0.6) is 0 Å². The van der Waals surface area contributed by atoms with E-state index in [-0.39, 0.29) is 0 Å². The third-order valence-electron chi connectivity index (χ3n) is 7.91. The van der Waals surface area contributed by atoms with Gasteiger partial charge in [0.2, 0.25) is 0 Å². The zero-order chi connectivity index (χ0) is 24.8. The highest BCUT2D eigenvalue weighted by Crippen LogP contribution is 2.29. The molecule has 36 heavy (non-hydrogen) atoms. The standard InChI is InChI=1S/C28H35N7O/c1-5-19(4)28-31-24-14-20(6-9-25(24)36-28)22-7-8-23-27(30-22)32-26(15-29-23)35-16-21(17-35)34-12-10-33(11-13-34)18(2)3/h6-9,14-15,18-19,21H,5,10-13,16-17H2,1-4H3. The van der Waals surface area contributed by atoms with Crippen molar-refractivity contribution < 1.29 is 4.42 Å². The zero-order valence-electron chi connectivity index (χ0n) is 21.7. The smallest absolute Gasteiger partial charge is 0.198 e. The van der Waals surface area contributed by atoms with Crippen molar-refractivity contribution in [1.82, 2.24) is 29.7 Å². The first kappa shape index (κ1) is 23.3. The van der Waals surface area contributed by atoms with Crippen LogP contribution in [0.15, 0.2) is 40.9 Å². The molecule has 0 N–H and O–H groups in total. The van der Waals surface area contributed by atoms with Crippen LogP contribution in [0.3, 0.4) is 0 Å². The second-order valence-electron chi connectivity index (χ2n) is 10.5. The first-order chi connectivity index (χ1) is 17.5. The molecule has 6 rings (SSSR count). The third-order valence-corrected chi connectivity index (χ3v) is 7.91. The van der Waals surface area contributed by atoms with Crippen molar-refractivity contribution in [3.8, 4) is 11.3 Å². The third kappa shape index (κ3) is 4.33. The van der Waals surface area contributed by atoms with Crippen LogP contribution in [-0.4, -0.2) is 81.1 Å². The molecule has 2 saturated heterocycles. The molecule has 2 aliphatic rings. The summed E-state index contributed by atoms with van der Waals surface area (Å²) in [4.78, 5) is 26.6. The molecule has 1 unspecified atom stereocenters. The van der Waals surface area contributed by atoms with Gasteiger partial charge in [0, 0.05) is 62.8 Å². The zero-order valence-corrected chi connectivity index (χ0v) is 21.7. The Hall–Kier alpha value is -3.10. The molecule has 0 spiro atoms. The Bertz CT molecular complexity index is 1370. The van der Waals surface area contributed by atoms with E-state index in [0.717, 1.165) is 85.3 Å². The number of pyridine rings is 1. The molecular weight excluding hydrogens is 450 g/mol. The van der Waals surface area contributed by atoms with E-state index < -0.39 is 0 Å². The Balaban J connectivity index is 1.18. The Morgan fingerprint density at radius 2 is 1.75 bits per heavy atom. The van der Waals surface area contributed by atoms with Gasteiger partial charge in [-0.1, -0.05) is 13.8 Å². The normalized spacial score (nSPS) is 18.9. The lowest BCUT2D eigenvalue weighted by Gasteiger charge is -2.49. The average molecular weight is 486 g/mol. The van der Waals surface area contributed by atoms with Gasteiger partial charge in [-0.3, -0.25) is 9.80 Å². The molecule has 0 aliphatic carbocycles. The van der Waals surface area contributed by atoms with Gasteiger partial charge < -0.3 is 9.32 Å². The lowest BCUT2D eigenvalue weighted by atomic mass is 10.1. The summed E-state index contributed by atoms with van der Waals surface area (Å²) in [5, 5.41) is 0. The van der Waals surface area contributed by atoms with Gasteiger partial charge in [0.05, 0.1) is 11.9 Å². The van der Waals surface area contributed by atoms with Gasteiger partial charge in [-0.2, -0.15) is 0 Å². The topological polar surface area (TPSA) is 74.4 Å². The van der Waals surface area contributed by atoms with E-state index in [2.05, 4.69) is 53.4 Å². The van der Waals surface area contributed by atoms with Crippen molar-refractivity contribution in [3.63, 3.8) is 0 Å². The number of hydrogen-bond acceptors (Lipinski definition) is 8. The monoisotopic (exact) mass is 485 g/mol. The number of anilines is 1. The van der Waals surface area contributed by atoms with Crippen molar-refractivity contribution in [3.05, 3.63) is 42.4 Å². The van der Waals surface area contributed by atoms with Gasteiger partial charge in [-0.05, 0) is 50.6 Å². The molecule has 2 fully saturated rings. The summed E-state index contributed by atoms with van der Waals surface area (Å²) in [5.74, 6) is 2.01. The molecule has 0 bridgehead atoms. The fraction of sp³-hybridized carbons (Fsp3) is 0.500. The van der Waals surface area contributed by atoms with Crippen LogP contribution >= 0.6 is 0 Å². The van der Waals surface area contributed by atoms with E-state index in [1.54, 1.807) is 0 Å². The minimum absolute atomic E-state index is 0.305. The van der Waals surface area contributed by atoms with Crippen LogP contribution in [0, 0.1) is 0 Å². The van der Waals surface area contributed by atoms with Crippen LogP contribution in [0.1, 0.15) is 45.9 Å². The summed E-state index contributed by atoms with van der Waals surface area (Å²) in [5.41, 5.74) is 5.05. The van der Waals surface area contributed by atoms with E-state index in [0.29, 0.717) is 23.6 Å². The van der Waals surface area contributed by atoms with Crippen molar-refractivity contribution >= 4 is 28.1 Å². The SMILES string of the molecule is CCC(C)c1nc2cc(-c3ccc4ncc(N5CC(N6CCN(C(C)C)CC6)C5)nc4n3)ccc2o1. The van der Waals surface area contributed by atoms with E-state index >= 15 is 0 Å². The molecule has 0 amide bonds. The maximum atomic E-state index is 5.95. The number of piperazine rings is 1. The number of hydrogen-bond donors (Lipinski definition) is 0. The van der Waals surface area contributed by atoms with E-state index in [1.165, 1.54) is 0 Å². The van der Waals surface area contributed by atoms with E-state index in [4.69, 9.17) is 19.4 Å². The van der Waals surface area contributed by atoms with E-state index in [9.17, 15) is 0 Å². The van der Waals surface area contributed by atoms with Crippen molar-refractivity contribution in [1.29, 1.82) is 0 Å². The van der Waals surface area contributed by atoms with Crippen LogP contribution in [0.2, 0.25) is 0 Å². The second-order valence-corrected chi connectivity index (χ2v) is 10.5. The molecule has 1 atom stereocenters.